The topological polar surface area (TPSA) is 68.3 Å². The van der Waals surface area contributed by atoms with E-state index in [-0.39, 0.29) is 5.84 Å². The summed E-state index contributed by atoms with van der Waals surface area (Å²) in [5, 5.41) is 7.37. The van der Waals surface area contributed by atoms with E-state index in [9.17, 15) is 0 Å². The third-order valence-electron chi connectivity index (χ3n) is 2.39. The number of nitrogens with two attached hydrogens (primary N) is 1. The van der Waals surface area contributed by atoms with Crippen LogP contribution >= 0.6 is 0 Å². The van der Waals surface area contributed by atoms with Crippen LogP contribution in [0.15, 0.2) is 18.2 Å². The van der Waals surface area contributed by atoms with Crippen molar-refractivity contribution in [3.8, 4) is 5.75 Å². The van der Waals surface area contributed by atoms with E-state index in [1.54, 1.807) is 6.07 Å². The molecule has 4 heteroatoms. The van der Waals surface area contributed by atoms with E-state index in [0.29, 0.717) is 18.8 Å². The Labute approximate surface area is 102 Å². The maximum Gasteiger partial charge on any atom is 0.122 e. The van der Waals surface area contributed by atoms with E-state index < -0.39 is 0 Å². The van der Waals surface area contributed by atoms with Crippen LogP contribution in [0.2, 0.25) is 0 Å². The molecular formula is C13H20N2O2. The van der Waals surface area contributed by atoms with Crippen LogP contribution in [0, 0.1) is 12.3 Å². The lowest BCUT2D eigenvalue weighted by atomic mass is 10.1. The third kappa shape index (κ3) is 4.44. The van der Waals surface area contributed by atoms with Crippen molar-refractivity contribution in [1.82, 2.24) is 0 Å². The normalized spacial score (nSPS) is 10.2. The van der Waals surface area contributed by atoms with Crippen LogP contribution in [0.1, 0.15) is 24.5 Å². The summed E-state index contributed by atoms with van der Waals surface area (Å²) in [5.74, 6) is 0.846. The highest BCUT2D eigenvalue weighted by Gasteiger charge is 2.03. The van der Waals surface area contributed by atoms with E-state index >= 15 is 0 Å². The number of amidine groups is 1. The van der Waals surface area contributed by atoms with Gasteiger partial charge in [0, 0.05) is 25.2 Å². The zero-order valence-electron chi connectivity index (χ0n) is 10.5. The molecule has 0 spiro atoms. The van der Waals surface area contributed by atoms with Gasteiger partial charge in [-0.05, 0) is 25.5 Å². The van der Waals surface area contributed by atoms with Gasteiger partial charge in [0.15, 0.2) is 0 Å². The maximum atomic E-state index is 7.37. The quantitative estimate of drug-likeness (QED) is 0.432. The molecule has 0 fully saturated rings. The second-order valence-corrected chi connectivity index (χ2v) is 3.79. The first-order valence-corrected chi connectivity index (χ1v) is 5.80. The summed E-state index contributed by atoms with van der Waals surface area (Å²) in [6, 6.07) is 5.54. The smallest absolute Gasteiger partial charge is 0.122 e. The molecular weight excluding hydrogens is 216 g/mol. The molecule has 0 aliphatic carbocycles. The Balaban J connectivity index is 2.51. The van der Waals surface area contributed by atoms with Crippen molar-refractivity contribution < 1.29 is 9.47 Å². The van der Waals surface area contributed by atoms with E-state index in [2.05, 4.69) is 0 Å². The first-order chi connectivity index (χ1) is 8.15. The number of nitrogens with one attached hydrogen (secondary N) is 1. The van der Waals surface area contributed by atoms with E-state index in [1.165, 1.54) is 0 Å². The molecule has 0 bridgehead atoms. The number of nitrogen functional groups attached to an aromatic ring is 1. The van der Waals surface area contributed by atoms with Gasteiger partial charge in [-0.3, -0.25) is 5.41 Å². The van der Waals surface area contributed by atoms with Crippen LogP contribution in [0.5, 0.6) is 5.75 Å². The van der Waals surface area contributed by atoms with Gasteiger partial charge in [0.1, 0.15) is 11.6 Å². The van der Waals surface area contributed by atoms with Gasteiger partial charge in [-0.2, -0.15) is 0 Å². The van der Waals surface area contributed by atoms with Crippen LogP contribution in [0.25, 0.3) is 0 Å². The van der Waals surface area contributed by atoms with Gasteiger partial charge in [0.05, 0.1) is 6.61 Å². The summed E-state index contributed by atoms with van der Waals surface area (Å²) in [7, 11) is 0. The van der Waals surface area contributed by atoms with Crippen molar-refractivity contribution in [2.45, 2.75) is 20.3 Å². The molecule has 0 radical (unpaired) electrons. The van der Waals surface area contributed by atoms with E-state index in [1.807, 2.05) is 26.0 Å². The number of hydrogen-bond donors (Lipinski definition) is 2. The minimum absolute atomic E-state index is 0.0594. The molecule has 17 heavy (non-hydrogen) atoms. The fourth-order valence-electron chi connectivity index (χ4n) is 1.41. The molecule has 0 saturated carbocycles. The number of aryl methyl sites for hydroxylation is 1. The molecule has 0 aliphatic rings. The van der Waals surface area contributed by atoms with Crippen LogP contribution in [-0.2, 0) is 4.74 Å². The predicted octanol–water partition coefficient (Wildman–Crippen LogP) is 2.08. The molecule has 1 rings (SSSR count). The fraction of sp³-hybridized carbons (Fsp3) is 0.462. The van der Waals surface area contributed by atoms with Gasteiger partial charge in [-0.25, -0.2) is 0 Å². The molecule has 94 valence electrons. The Morgan fingerprint density at radius 2 is 2.12 bits per heavy atom. The van der Waals surface area contributed by atoms with Crippen molar-refractivity contribution in [3.63, 3.8) is 0 Å². The Hall–Kier alpha value is -1.55. The largest absolute Gasteiger partial charge is 0.493 e. The van der Waals surface area contributed by atoms with Gasteiger partial charge in [-0.15, -0.1) is 0 Å². The highest BCUT2D eigenvalue weighted by Crippen LogP contribution is 2.19. The van der Waals surface area contributed by atoms with Crippen LogP contribution in [-0.4, -0.2) is 25.7 Å². The minimum Gasteiger partial charge on any atom is -0.493 e. The lowest BCUT2D eigenvalue weighted by Gasteiger charge is -2.10. The van der Waals surface area contributed by atoms with Crippen molar-refractivity contribution in [2.75, 3.05) is 19.8 Å². The van der Waals surface area contributed by atoms with E-state index in [0.717, 1.165) is 24.3 Å². The van der Waals surface area contributed by atoms with Gasteiger partial charge in [0.25, 0.3) is 0 Å². The molecule has 0 aromatic heterocycles. The Bertz CT molecular complexity index is 378. The summed E-state index contributed by atoms with van der Waals surface area (Å²) >= 11 is 0. The Morgan fingerprint density at radius 1 is 1.35 bits per heavy atom. The fourth-order valence-corrected chi connectivity index (χ4v) is 1.41. The van der Waals surface area contributed by atoms with Crippen LogP contribution in [0.4, 0.5) is 0 Å². The van der Waals surface area contributed by atoms with Crippen LogP contribution in [0.3, 0.4) is 0 Å². The monoisotopic (exact) mass is 236 g/mol. The number of hydrogen-bond acceptors (Lipinski definition) is 3. The Kier molecular flexibility index (Phi) is 5.49. The lowest BCUT2D eigenvalue weighted by Crippen LogP contribution is -2.11. The number of ether oxygens (including phenoxy) is 2. The summed E-state index contributed by atoms with van der Waals surface area (Å²) in [6.07, 6.45) is 0.859. The molecule has 3 N–H and O–H groups in total. The summed E-state index contributed by atoms with van der Waals surface area (Å²) in [5.41, 5.74) is 7.17. The molecule has 0 amide bonds. The van der Waals surface area contributed by atoms with Gasteiger partial charge < -0.3 is 15.2 Å². The molecule has 1 aromatic carbocycles. The first kappa shape index (κ1) is 13.5. The molecule has 1 aromatic rings. The van der Waals surface area contributed by atoms with Crippen molar-refractivity contribution in [3.05, 3.63) is 29.3 Å². The second kappa shape index (κ2) is 6.91. The average Bonchev–Trinajstić information content (AvgIpc) is 2.30. The van der Waals surface area contributed by atoms with Gasteiger partial charge in [0.2, 0.25) is 0 Å². The molecule has 4 nitrogen and oxygen atoms in total. The maximum absolute atomic E-state index is 7.37. The zero-order chi connectivity index (χ0) is 12.7. The minimum atomic E-state index is 0.0594. The summed E-state index contributed by atoms with van der Waals surface area (Å²) in [4.78, 5) is 0. The van der Waals surface area contributed by atoms with Gasteiger partial charge in [-0.1, -0.05) is 12.1 Å². The number of benzene rings is 1. The van der Waals surface area contributed by atoms with Crippen LogP contribution < -0.4 is 10.5 Å². The lowest BCUT2D eigenvalue weighted by molar-refractivity contribution is 0.130. The molecule has 0 saturated heterocycles. The average molecular weight is 236 g/mol. The highest BCUT2D eigenvalue weighted by atomic mass is 16.5. The molecule has 0 aliphatic heterocycles. The summed E-state index contributed by atoms with van der Waals surface area (Å²) < 4.78 is 10.9. The number of rotatable bonds is 7. The second-order valence-electron chi connectivity index (χ2n) is 3.79. The molecule has 0 heterocycles. The summed E-state index contributed by atoms with van der Waals surface area (Å²) in [6.45, 7) is 6.01. The Morgan fingerprint density at radius 3 is 2.76 bits per heavy atom. The molecule has 0 atom stereocenters. The van der Waals surface area contributed by atoms with E-state index in [4.69, 9.17) is 20.6 Å². The SMILES string of the molecule is CCOCCCOc1cc(C(=N)N)ccc1C. The van der Waals surface area contributed by atoms with Crippen molar-refractivity contribution in [2.24, 2.45) is 5.73 Å². The van der Waals surface area contributed by atoms with Gasteiger partial charge >= 0.3 is 0 Å². The standard InChI is InChI=1S/C13H20N2O2/c1-3-16-7-4-8-17-12-9-11(13(14)15)6-5-10(12)2/h5-6,9H,3-4,7-8H2,1-2H3,(H3,14,15). The highest BCUT2D eigenvalue weighted by molar-refractivity contribution is 5.95. The zero-order valence-corrected chi connectivity index (χ0v) is 10.5. The third-order valence-corrected chi connectivity index (χ3v) is 2.39. The van der Waals surface area contributed by atoms with Crippen molar-refractivity contribution >= 4 is 5.84 Å². The first-order valence-electron chi connectivity index (χ1n) is 5.80. The van der Waals surface area contributed by atoms with Crippen molar-refractivity contribution in [1.29, 1.82) is 5.41 Å². The molecule has 0 unspecified atom stereocenters. The predicted molar refractivity (Wildman–Crippen MR) is 68.8 cm³/mol.